The molecule has 2 rings (SSSR count). The second kappa shape index (κ2) is 6.31. The molecule has 0 aliphatic rings. The van der Waals surface area contributed by atoms with Crippen LogP contribution in [0.4, 0.5) is 0 Å². The van der Waals surface area contributed by atoms with Crippen molar-refractivity contribution in [3.05, 3.63) is 66.0 Å². The molecule has 0 radical (unpaired) electrons. The van der Waals surface area contributed by atoms with Gasteiger partial charge in [-0.05, 0) is 31.7 Å². The van der Waals surface area contributed by atoms with E-state index in [9.17, 15) is 0 Å². The van der Waals surface area contributed by atoms with Crippen LogP contribution < -0.4 is 0 Å². The summed E-state index contributed by atoms with van der Waals surface area (Å²) in [5.41, 5.74) is 2.51. The van der Waals surface area contributed by atoms with Crippen molar-refractivity contribution in [2.75, 3.05) is 7.05 Å². The van der Waals surface area contributed by atoms with E-state index in [1.165, 1.54) is 5.56 Å². The van der Waals surface area contributed by atoms with Crippen molar-refractivity contribution >= 4 is 0 Å². The average Bonchev–Trinajstić information content (AvgIpc) is 2.41. The Morgan fingerprint density at radius 1 is 1.06 bits per heavy atom. The molecule has 0 aliphatic heterocycles. The Kier molecular flexibility index (Phi) is 4.48. The summed E-state index contributed by atoms with van der Waals surface area (Å²) in [5, 5.41) is 0. The first-order chi connectivity index (χ1) is 8.75. The van der Waals surface area contributed by atoms with E-state index in [1.807, 2.05) is 18.3 Å². The Labute approximate surface area is 109 Å². The largest absolute Gasteiger partial charge is 0.299 e. The van der Waals surface area contributed by atoms with Gasteiger partial charge in [-0.25, -0.2) is 0 Å². The predicted octanol–water partition coefficient (Wildman–Crippen LogP) is 3.14. The molecule has 2 aromatic rings. The average molecular weight is 240 g/mol. The maximum absolute atomic E-state index is 4.38. The second-order valence-corrected chi connectivity index (χ2v) is 4.77. The van der Waals surface area contributed by atoms with Gasteiger partial charge in [0.05, 0.1) is 0 Å². The first-order valence-corrected chi connectivity index (χ1v) is 6.40. The van der Waals surface area contributed by atoms with E-state index < -0.39 is 0 Å². The van der Waals surface area contributed by atoms with Crippen molar-refractivity contribution in [1.29, 1.82) is 0 Å². The van der Waals surface area contributed by atoms with Crippen molar-refractivity contribution in [3.8, 4) is 0 Å². The van der Waals surface area contributed by atoms with Gasteiger partial charge in [0.15, 0.2) is 0 Å². The molecule has 1 aromatic heterocycles. The zero-order valence-electron chi connectivity index (χ0n) is 11.1. The molecule has 0 saturated heterocycles. The number of aromatic nitrogens is 1. The normalized spacial score (nSPS) is 12.6. The van der Waals surface area contributed by atoms with Gasteiger partial charge in [-0.1, -0.05) is 36.4 Å². The molecule has 1 unspecified atom stereocenters. The van der Waals surface area contributed by atoms with Crippen LogP contribution in [-0.4, -0.2) is 23.0 Å². The molecule has 0 fully saturated rings. The van der Waals surface area contributed by atoms with Gasteiger partial charge in [-0.15, -0.1) is 0 Å². The summed E-state index contributed by atoms with van der Waals surface area (Å²) in [6.45, 7) is 3.23. The fraction of sp³-hybridized carbons (Fsp3) is 0.312. The molecule has 0 amide bonds. The van der Waals surface area contributed by atoms with E-state index in [0.717, 1.165) is 18.7 Å². The van der Waals surface area contributed by atoms with Crippen molar-refractivity contribution in [1.82, 2.24) is 9.88 Å². The molecule has 2 nitrogen and oxygen atoms in total. The highest BCUT2D eigenvalue weighted by atomic mass is 15.1. The summed E-state index contributed by atoms with van der Waals surface area (Å²) in [5.74, 6) is 0. The van der Waals surface area contributed by atoms with Gasteiger partial charge in [-0.2, -0.15) is 0 Å². The molecule has 1 heterocycles. The monoisotopic (exact) mass is 240 g/mol. The molecule has 0 N–H and O–H groups in total. The quantitative estimate of drug-likeness (QED) is 0.798. The lowest BCUT2D eigenvalue weighted by molar-refractivity contribution is 0.247. The lowest BCUT2D eigenvalue weighted by atomic mass is 10.1. The Hall–Kier alpha value is -1.67. The van der Waals surface area contributed by atoms with Crippen LogP contribution in [0.5, 0.6) is 0 Å². The van der Waals surface area contributed by atoms with Crippen LogP contribution in [0.25, 0.3) is 0 Å². The minimum absolute atomic E-state index is 0.486. The molecule has 1 aromatic carbocycles. The lowest BCUT2D eigenvalue weighted by Crippen LogP contribution is -2.30. The summed E-state index contributed by atoms with van der Waals surface area (Å²) in [7, 11) is 2.17. The second-order valence-electron chi connectivity index (χ2n) is 4.77. The summed E-state index contributed by atoms with van der Waals surface area (Å²) >= 11 is 0. The highest BCUT2D eigenvalue weighted by molar-refractivity contribution is 5.14. The van der Waals surface area contributed by atoms with Crippen LogP contribution in [0.3, 0.4) is 0 Å². The van der Waals surface area contributed by atoms with E-state index in [0.29, 0.717) is 6.04 Å². The predicted molar refractivity (Wildman–Crippen MR) is 75.3 cm³/mol. The van der Waals surface area contributed by atoms with E-state index in [1.54, 1.807) is 0 Å². The smallest absolute Gasteiger partial charge is 0.0419 e. The zero-order chi connectivity index (χ0) is 12.8. The summed E-state index contributed by atoms with van der Waals surface area (Å²) in [6, 6.07) is 17.2. The highest BCUT2D eigenvalue weighted by Crippen LogP contribution is 2.09. The van der Waals surface area contributed by atoms with Crippen molar-refractivity contribution < 1.29 is 0 Å². The maximum atomic E-state index is 4.38. The molecule has 2 heteroatoms. The first-order valence-electron chi connectivity index (χ1n) is 6.40. The van der Waals surface area contributed by atoms with Crippen LogP contribution >= 0.6 is 0 Å². The number of rotatable bonds is 5. The standard InChI is InChI=1S/C16H20N2/c1-14(12-16-10-6-7-11-17-16)18(2)13-15-8-4-3-5-9-15/h3-11,14H,12-13H2,1-2H3. The molecular formula is C16H20N2. The third-order valence-electron chi connectivity index (χ3n) is 3.26. The van der Waals surface area contributed by atoms with Gasteiger partial charge in [0.25, 0.3) is 0 Å². The van der Waals surface area contributed by atoms with E-state index in [4.69, 9.17) is 0 Å². The minimum Gasteiger partial charge on any atom is -0.299 e. The third kappa shape index (κ3) is 3.67. The Morgan fingerprint density at radius 2 is 1.78 bits per heavy atom. The van der Waals surface area contributed by atoms with Crippen LogP contribution in [0.1, 0.15) is 18.2 Å². The molecular weight excluding hydrogens is 220 g/mol. The van der Waals surface area contributed by atoms with E-state index in [-0.39, 0.29) is 0 Å². The number of likely N-dealkylation sites (N-methyl/N-ethyl adjacent to an activating group) is 1. The lowest BCUT2D eigenvalue weighted by Gasteiger charge is -2.24. The fourth-order valence-corrected chi connectivity index (χ4v) is 2.00. The number of hydrogen-bond acceptors (Lipinski definition) is 2. The maximum Gasteiger partial charge on any atom is 0.0419 e. The van der Waals surface area contributed by atoms with Crippen LogP contribution in [-0.2, 0) is 13.0 Å². The van der Waals surface area contributed by atoms with E-state index in [2.05, 4.69) is 60.3 Å². The van der Waals surface area contributed by atoms with Gasteiger partial charge >= 0.3 is 0 Å². The number of hydrogen-bond donors (Lipinski definition) is 0. The summed E-state index contributed by atoms with van der Waals surface area (Å²) in [6.07, 6.45) is 2.85. The Morgan fingerprint density at radius 3 is 2.44 bits per heavy atom. The van der Waals surface area contributed by atoms with E-state index >= 15 is 0 Å². The van der Waals surface area contributed by atoms with Crippen molar-refractivity contribution in [3.63, 3.8) is 0 Å². The minimum atomic E-state index is 0.486. The van der Waals surface area contributed by atoms with Gasteiger partial charge in [0.2, 0.25) is 0 Å². The number of nitrogens with zero attached hydrogens (tertiary/aromatic N) is 2. The molecule has 0 spiro atoms. The van der Waals surface area contributed by atoms with Gasteiger partial charge in [0, 0.05) is 30.9 Å². The topological polar surface area (TPSA) is 16.1 Å². The van der Waals surface area contributed by atoms with Crippen LogP contribution in [0.2, 0.25) is 0 Å². The van der Waals surface area contributed by atoms with Gasteiger partial charge in [-0.3, -0.25) is 9.88 Å². The van der Waals surface area contributed by atoms with Crippen molar-refractivity contribution in [2.45, 2.75) is 25.9 Å². The highest BCUT2D eigenvalue weighted by Gasteiger charge is 2.10. The molecule has 0 aliphatic carbocycles. The molecule has 0 bridgehead atoms. The SMILES string of the molecule is CC(Cc1ccccn1)N(C)Cc1ccccc1. The van der Waals surface area contributed by atoms with Gasteiger partial charge < -0.3 is 0 Å². The Balaban J connectivity index is 1.91. The Bertz CT molecular complexity index is 408. The molecule has 18 heavy (non-hydrogen) atoms. The van der Waals surface area contributed by atoms with Gasteiger partial charge in [0.1, 0.15) is 0 Å². The molecule has 0 saturated carbocycles. The molecule has 94 valence electrons. The van der Waals surface area contributed by atoms with Crippen LogP contribution in [0, 0.1) is 0 Å². The number of pyridine rings is 1. The first kappa shape index (κ1) is 12.8. The molecule has 1 atom stereocenters. The third-order valence-corrected chi connectivity index (χ3v) is 3.26. The fourth-order valence-electron chi connectivity index (χ4n) is 2.00. The van der Waals surface area contributed by atoms with Crippen LogP contribution in [0.15, 0.2) is 54.7 Å². The van der Waals surface area contributed by atoms with Crippen molar-refractivity contribution in [2.24, 2.45) is 0 Å². The number of benzene rings is 1. The zero-order valence-corrected chi connectivity index (χ0v) is 11.1. The summed E-state index contributed by atoms with van der Waals surface area (Å²) in [4.78, 5) is 6.75. The summed E-state index contributed by atoms with van der Waals surface area (Å²) < 4.78 is 0.